The van der Waals surface area contributed by atoms with E-state index >= 15 is 0 Å². The van der Waals surface area contributed by atoms with Crippen LogP contribution in [-0.4, -0.2) is 38.2 Å². The van der Waals surface area contributed by atoms with Gasteiger partial charge in [0.2, 0.25) is 0 Å². The lowest BCUT2D eigenvalue weighted by molar-refractivity contribution is 0.355. The van der Waals surface area contributed by atoms with Gasteiger partial charge in [-0.05, 0) is 60.5 Å². The van der Waals surface area contributed by atoms with Gasteiger partial charge in [-0.25, -0.2) is 4.39 Å². The Morgan fingerprint density at radius 3 is 1.92 bits per heavy atom. The van der Waals surface area contributed by atoms with Crippen molar-refractivity contribution in [3.63, 3.8) is 0 Å². The van der Waals surface area contributed by atoms with Crippen molar-refractivity contribution in [3.05, 3.63) is 76.6 Å². The third-order valence-corrected chi connectivity index (χ3v) is 6.41. The summed E-state index contributed by atoms with van der Waals surface area (Å²) in [6.07, 6.45) is 0.713. The molecule has 188 valence electrons. The number of methoxy groups -OCH3 is 4. The van der Waals surface area contributed by atoms with Crippen LogP contribution >= 0.6 is 11.6 Å². The van der Waals surface area contributed by atoms with Crippen molar-refractivity contribution in [2.75, 3.05) is 28.4 Å². The standard InChI is InChI=1S/C28H28ClFN2O4/c1-6-21-27(17-8-11-23(33-2)25(13-17)35-4)31-32(16-19-7-10-20(30)15-22(19)29)28(21)18-9-12-24(34-3)26(14-18)36-5/h7-15H,6,16H2,1-5H3. The fraction of sp³-hybridized carbons (Fsp3) is 0.250. The molecule has 0 aliphatic heterocycles. The molecule has 1 heterocycles. The molecule has 0 aliphatic rings. The minimum atomic E-state index is -0.385. The van der Waals surface area contributed by atoms with Crippen molar-refractivity contribution >= 4 is 11.6 Å². The van der Waals surface area contributed by atoms with Crippen LogP contribution in [0.1, 0.15) is 18.1 Å². The highest BCUT2D eigenvalue weighted by atomic mass is 35.5. The molecular weight excluding hydrogens is 483 g/mol. The second kappa shape index (κ2) is 10.9. The van der Waals surface area contributed by atoms with Gasteiger partial charge in [-0.2, -0.15) is 5.10 Å². The third kappa shape index (κ3) is 4.84. The SMILES string of the molecule is CCc1c(-c2ccc(OC)c(OC)c2)nn(Cc2ccc(F)cc2Cl)c1-c1ccc(OC)c(OC)c1. The maximum Gasteiger partial charge on any atom is 0.161 e. The van der Waals surface area contributed by atoms with E-state index in [0.717, 1.165) is 33.6 Å². The number of hydrogen-bond acceptors (Lipinski definition) is 5. The smallest absolute Gasteiger partial charge is 0.161 e. The molecule has 0 fully saturated rings. The van der Waals surface area contributed by atoms with E-state index in [4.69, 9.17) is 35.6 Å². The first-order chi connectivity index (χ1) is 17.4. The van der Waals surface area contributed by atoms with Crippen LogP contribution in [0.4, 0.5) is 4.39 Å². The van der Waals surface area contributed by atoms with Gasteiger partial charge >= 0.3 is 0 Å². The number of rotatable bonds is 9. The predicted octanol–water partition coefficient (Wildman–Crippen LogP) is 6.65. The first kappa shape index (κ1) is 25.4. The molecule has 0 aliphatic carbocycles. The van der Waals surface area contributed by atoms with Crippen LogP contribution in [0.2, 0.25) is 5.02 Å². The normalized spacial score (nSPS) is 10.9. The zero-order chi connectivity index (χ0) is 25.8. The van der Waals surface area contributed by atoms with E-state index in [-0.39, 0.29) is 5.82 Å². The molecule has 0 amide bonds. The molecular formula is C28H28ClFN2O4. The number of aromatic nitrogens is 2. The Morgan fingerprint density at radius 1 is 0.778 bits per heavy atom. The topological polar surface area (TPSA) is 54.7 Å². The fourth-order valence-electron chi connectivity index (χ4n) is 4.28. The largest absolute Gasteiger partial charge is 0.493 e. The van der Waals surface area contributed by atoms with Crippen molar-refractivity contribution in [1.82, 2.24) is 9.78 Å². The molecule has 0 saturated carbocycles. The van der Waals surface area contributed by atoms with Crippen LogP contribution in [0.15, 0.2) is 54.6 Å². The minimum Gasteiger partial charge on any atom is -0.493 e. The second-order valence-electron chi connectivity index (χ2n) is 8.06. The Hall–Kier alpha value is -3.71. The molecule has 0 atom stereocenters. The van der Waals surface area contributed by atoms with E-state index in [0.29, 0.717) is 41.0 Å². The van der Waals surface area contributed by atoms with Gasteiger partial charge in [0.05, 0.1) is 46.4 Å². The summed E-state index contributed by atoms with van der Waals surface area (Å²) < 4.78 is 37.5. The highest BCUT2D eigenvalue weighted by Crippen LogP contribution is 2.40. The van der Waals surface area contributed by atoms with E-state index in [9.17, 15) is 4.39 Å². The van der Waals surface area contributed by atoms with Gasteiger partial charge in [-0.3, -0.25) is 4.68 Å². The summed E-state index contributed by atoms with van der Waals surface area (Å²) in [6, 6.07) is 15.9. The Labute approximate surface area is 215 Å². The van der Waals surface area contributed by atoms with Crippen LogP contribution in [-0.2, 0) is 13.0 Å². The van der Waals surface area contributed by atoms with Gasteiger partial charge < -0.3 is 18.9 Å². The Balaban J connectivity index is 1.94. The number of nitrogens with zero attached hydrogens (tertiary/aromatic N) is 2. The Kier molecular flexibility index (Phi) is 7.70. The average Bonchev–Trinajstić information content (AvgIpc) is 3.27. The lowest BCUT2D eigenvalue weighted by Gasteiger charge is -2.13. The maximum absolute atomic E-state index is 13.7. The summed E-state index contributed by atoms with van der Waals surface area (Å²) in [5, 5.41) is 5.35. The molecule has 0 bridgehead atoms. The van der Waals surface area contributed by atoms with Crippen molar-refractivity contribution in [2.24, 2.45) is 0 Å². The van der Waals surface area contributed by atoms with Gasteiger partial charge in [0.1, 0.15) is 5.82 Å². The van der Waals surface area contributed by atoms with Crippen LogP contribution in [0.25, 0.3) is 22.5 Å². The summed E-state index contributed by atoms with van der Waals surface area (Å²) in [6.45, 7) is 2.43. The quantitative estimate of drug-likeness (QED) is 0.252. The predicted molar refractivity (Wildman–Crippen MR) is 139 cm³/mol. The van der Waals surface area contributed by atoms with Crippen molar-refractivity contribution < 1.29 is 23.3 Å². The molecule has 0 N–H and O–H groups in total. The summed E-state index contributed by atoms with van der Waals surface area (Å²) in [4.78, 5) is 0. The van der Waals surface area contributed by atoms with Gasteiger partial charge in [-0.1, -0.05) is 24.6 Å². The van der Waals surface area contributed by atoms with E-state index < -0.39 is 0 Å². The maximum atomic E-state index is 13.7. The number of halogens is 2. The number of ether oxygens (including phenoxy) is 4. The summed E-state index contributed by atoms with van der Waals surface area (Å²) >= 11 is 6.39. The van der Waals surface area contributed by atoms with E-state index in [1.807, 2.05) is 41.1 Å². The van der Waals surface area contributed by atoms with Crippen LogP contribution < -0.4 is 18.9 Å². The van der Waals surface area contributed by atoms with Gasteiger partial charge in [0.15, 0.2) is 23.0 Å². The second-order valence-corrected chi connectivity index (χ2v) is 8.47. The lowest BCUT2D eigenvalue weighted by atomic mass is 9.99. The third-order valence-electron chi connectivity index (χ3n) is 6.05. The van der Waals surface area contributed by atoms with Gasteiger partial charge in [0, 0.05) is 21.7 Å². The monoisotopic (exact) mass is 510 g/mol. The molecule has 8 heteroatoms. The molecule has 4 rings (SSSR count). The van der Waals surface area contributed by atoms with Crippen LogP contribution in [0, 0.1) is 5.82 Å². The first-order valence-electron chi connectivity index (χ1n) is 11.4. The minimum absolute atomic E-state index is 0.342. The first-order valence-corrected chi connectivity index (χ1v) is 11.8. The van der Waals surface area contributed by atoms with Crippen molar-refractivity contribution in [2.45, 2.75) is 19.9 Å². The molecule has 0 radical (unpaired) electrons. The van der Waals surface area contributed by atoms with Crippen molar-refractivity contribution in [1.29, 1.82) is 0 Å². The van der Waals surface area contributed by atoms with Crippen LogP contribution in [0.3, 0.4) is 0 Å². The van der Waals surface area contributed by atoms with E-state index in [1.165, 1.54) is 12.1 Å². The van der Waals surface area contributed by atoms with Crippen LogP contribution in [0.5, 0.6) is 23.0 Å². The Bertz CT molecular complexity index is 1390. The lowest BCUT2D eigenvalue weighted by Crippen LogP contribution is -2.05. The Morgan fingerprint density at radius 2 is 1.36 bits per heavy atom. The number of hydrogen-bond donors (Lipinski definition) is 0. The van der Waals surface area contributed by atoms with E-state index in [1.54, 1.807) is 34.5 Å². The van der Waals surface area contributed by atoms with Gasteiger partial charge in [0.25, 0.3) is 0 Å². The molecule has 3 aromatic carbocycles. The molecule has 4 aromatic rings. The highest BCUT2D eigenvalue weighted by molar-refractivity contribution is 6.31. The molecule has 0 unspecified atom stereocenters. The average molecular weight is 511 g/mol. The molecule has 0 saturated heterocycles. The number of benzene rings is 3. The molecule has 36 heavy (non-hydrogen) atoms. The fourth-order valence-corrected chi connectivity index (χ4v) is 4.51. The summed E-state index contributed by atoms with van der Waals surface area (Å²) in [5.41, 5.74) is 5.29. The summed E-state index contributed by atoms with van der Waals surface area (Å²) in [7, 11) is 6.41. The van der Waals surface area contributed by atoms with Gasteiger partial charge in [-0.15, -0.1) is 0 Å². The highest BCUT2D eigenvalue weighted by Gasteiger charge is 2.22. The summed E-state index contributed by atoms with van der Waals surface area (Å²) in [5.74, 6) is 2.10. The van der Waals surface area contributed by atoms with E-state index in [2.05, 4.69) is 6.92 Å². The van der Waals surface area contributed by atoms with Crippen molar-refractivity contribution in [3.8, 4) is 45.5 Å². The zero-order valence-corrected chi connectivity index (χ0v) is 21.6. The zero-order valence-electron chi connectivity index (χ0n) is 20.9. The molecule has 1 aromatic heterocycles. The molecule has 0 spiro atoms. The molecule has 6 nitrogen and oxygen atoms in total.